The van der Waals surface area contributed by atoms with Crippen LogP contribution in [0.5, 0.6) is 5.75 Å². The minimum absolute atomic E-state index is 0.178. The van der Waals surface area contributed by atoms with Gasteiger partial charge in [-0.25, -0.2) is 0 Å². The molecule has 0 saturated carbocycles. The number of hydrogen-bond acceptors (Lipinski definition) is 6. The zero-order valence-electron chi connectivity index (χ0n) is 7.67. The van der Waals surface area contributed by atoms with E-state index in [1.807, 2.05) is 0 Å². The maximum atomic E-state index is 10.6. The second kappa shape index (κ2) is 3.78. The third-order valence-corrected chi connectivity index (χ3v) is 1.73. The van der Waals surface area contributed by atoms with Crippen LogP contribution in [-0.2, 0) is 0 Å². The summed E-state index contributed by atoms with van der Waals surface area (Å²) >= 11 is 0. The number of nitro benzene ring substituents is 2. The van der Waals surface area contributed by atoms with E-state index in [0.29, 0.717) is 0 Å². The maximum Gasteiger partial charge on any atom is 0.340 e. The summed E-state index contributed by atoms with van der Waals surface area (Å²) in [4.78, 5) is 19.5. The Labute approximate surface area is 83.6 Å². The van der Waals surface area contributed by atoms with Gasteiger partial charge in [-0.2, -0.15) is 0 Å². The van der Waals surface area contributed by atoms with Gasteiger partial charge in [0.2, 0.25) is 0 Å². The number of nitrogen functional groups attached to an aromatic ring is 1. The molecule has 0 fully saturated rings. The lowest BCUT2D eigenvalue weighted by Gasteiger charge is -2.03. The first-order chi connectivity index (χ1) is 6.99. The predicted octanol–water partition coefficient (Wildman–Crippen LogP) is 1.09. The average Bonchev–Trinajstić information content (AvgIpc) is 2.15. The summed E-state index contributed by atoms with van der Waals surface area (Å²) < 4.78 is 4.62. The zero-order valence-corrected chi connectivity index (χ0v) is 7.67. The summed E-state index contributed by atoms with van der Waals surface area (Å²) in [6, 6.07) is 2.15. The van der Waals surface area contributed by atoms with Gasteiger partial charge in [0.05, 0.1) is 17.0 Å². The Morgan fingerprint density at radius 2 is 1.87 bits per heavy atom. The first-order valence-electron chi connectivity index (χ1n) is 3.74. The van der Waals surface area contributed by atoms with Crippen molar-refractivity contribution in [2.24, 2.45) is 0 Å². The highest BCUT2D eigenvalue weighted by molar-refractivity contribution is 5.72. The molecule has 80 valence electrons. The molecule has 0 unspecified atom stereocenters. The van der Waals surface area contributed by atoms with Crippen molar-refractivity contribution in [1.29, 1.82) is 0 Å². The number of rotatable bonds is 3. The highest BCUT2D eigenvalue weighted by Crippen LogP contribution is 2.40. The molecule has 2 N–H and O–H groups in total. The molecule has 15 heavy (non-hydrogen) atoms. The van der Waals surface area contributed by atoms with E-state index in [1.54, 1.807) is 0 Å². The highest BCUT2D eigenvalue weighted by atomic mass is 16.6. The molecule has 0 atom stereocenters. The van der Waals surface area contributed by atoms with Crippen molar-refractivity contribution in [3.63, 3.8) is 0 Å². The Morgan fingerprint density at radius 1 is 1.27 bits per heavy atom. The Hall–Kier alpha value is -2.38. The first-order valence-corrected chi connectivity index (χ1v) is 3.74. The molecule has 0 aromatic heterocycles. The molecule has 0 spiro atoms. The maximum absolute atomic E-state index is 10.6. The van der Waals surface area contributed by atoms with Gasteiger partial charge >= 0.3 is 11.4 Å². The first kappa shape index (κ1) is 10.7. The van der Waals surface area contributed by atoms with Crippen molar-refractivity contribution >= 4 is 17.1 Å². The van der Waals surface area contributed by atoms with Gasteiger partial charge in [-0.1, -0.05) is 0 Å². The molecule has 1 aromatic carbocycles. The molecular weight excluding hydrogens is 206 g/mol. The molecule has 0 heterocycles. The Kier molecular flexibility index (Phi) is 2.70. The molecule has 0 saturated heterocycles. The van der Waals surface area contributed by atoms with Gasteiger partial charge in [-0.05, 0) is 6.07 Å². The van der Waals surface area contributed by atoms with Crippen molar-refractivity contribution in [2.45, 2.75) is 0 Å². The van der Waals surface area contributed by atoms with Gasteiger partial charge in [0.25, 0.3) is 5.75 Å². The topological polar surface area (TPSA) is 122 Å². The van der Waals surface area contributed by atoms with Crippen molar-refractivity contribution in [3.05, 3.63) is 32.4 Å². The number of nitro groups is 2. The number of nitrogens with zero attached hydrogens (tertiary/aromatic N) is 2. The normalized spacial score (nSPS) is 9.67. The van der Waals surface area contributed by atoms with E-state index in [0.717, 1.165) is 19.2 Å². The summed E-state index contributed by atoms with van der Waals surface area (Å²) in [5.74, 6) is -0.440. The molecule has 0 aliphatic heterocycles. The Morgan fingerprint density at radius 3 is 2.27 bits per heavy atom. The number of methoxy groups -OCH3 is 1. The molecule has 0 aliphatic rings. The lowest BCUT2D eigenvalue weighted by atomic mass is 10.2. The zero-order chi connectivity index (χ0) is 11.6. The van der Waals surface area contributed by atoms with E-state index < -0.39 is 27.0 Å². The van der Waals surface area contributed by atoms with Crippen LogP contribution in [0.3, 0.4) is 0 Å². The molecule has 0 bridgehead atoms. The monoisotopic (exact) mass is 213 g/mol. The highest BCUT2D eigenvalue weighted by Gasteiger charge is 2.28. The smallest absolute Gasteiger partial charge is 0.340 e. The molecule has 0 aliphatic carbocycles. The van der Waals surface area contributed by atoms with Gasteiger partial charge in [0.15, 0.2) is 0 Å². The Bertz CT molecular complexity index is 431. The molecular formula is C7H7N3O5. The van der Waals surface area contributed by atoms with Crippen LogP contribution >= 0.6 is 0 Å². The average molecular weight is 213 g/mol. The quantitative estimate of drug-likeness (QED) is 0.455. The summed E-state index contributed by atoms with van der Waals surface area (Å²) in [6.45, 7) is 0. The largest absolute Gasteiger partial charge is 0.485 e. The standard InChI is InChI=1S/C7H7N3O5/c1-15-7-5(9(11)12)3-2-4(8)6(7)10(13)14/h2-3H,8H2,1H3. The second-order valence-corrected chi connectivity index (χ2v) is 2.57. The van der Waals surface area contributed by atoms with Crippen LogP contribution in [0.2, 0.25) is 0 Å². The van der Waals surface area contributed by atoms with Gasteiger partial charge < -0.3 is 10.5 Å². The molecule has 0 amide bonds. The lowest BCUT2D eigenvalue weighted by molar-refractivity contribution is -0.395. The van der Waals surface area contributed by atoms with Crippen LogP contribution in [0, 0.1) is 20.2 Å². The van der Waals surface area contributed by atoms with Gasteiger partial charge in [-0.15, -0.1) is 0 Å². The van der Waals surface area contributed by atoms with Crippen LogP contribution in [0.1, 0.15) is 0 Å². The van der Waals surface area contributed by atoms with Crippen LogP contribution in [0.15, 0.2) is 12.1 Å². The van der Waals surface area contributed by atoms with Gasteiger partial charge in [0.1, 0.15) is 5.69 Å². The number of benzene rings is 1. The van der Waals surface area contributed by atoms with Crippen LogP contribution in [0.25, 0.3) is 0 Å². The van der Waals surface area contributed by atoms with Crippen LogP contribution < -0.4 is 10.5 Å². The van der Waals surface area contributed by atoms with Crippen molar-refractivity contribution < 1.29 is 14.6 Å². The predicted molar refractivity (Wildman–Crippen MR) is 50.7 cm³/mol. The number of hydrogen-bond donors (Lipinski definition) is 1. The second-order valence-electron chi connectivity index (χ2n) is 2.57. The molecule has 8 heteroatoms. The number of anilines is 1. The molecule has 0 radical (unpaired) electrons. The van der Waals surface area contributed by atoms with E-state index in [9.17, 15) is 20.2 Å². The number of ether oxygens (including phenoxy) is 1. The summed E-state index contributed by atoms with van der Waals surface area (Å²) in [5, 5.41) is 21.1. The van der Waals surface area contributed by atoms with Crippen LogP contribution in [-0.4, -0.2) is 17.0 Å². The van der Waals surface area contributed by atoms with E-state index in [4.69, 9.17) is 5.73 Å². The summed E-state index contributed by atoms with van der Waals surface area (Å²) in [7, 11) is 1.11. The fourth-order valence-electron chi connectivity index (χ4n) is 1.11. The van der Waals surface area contributed by atoms with Crippen LogP contribution in [0.4, 0.5) is 17.1 Å². The van der Waals surface area contributed by atoms with E-state index in [-0.39, 0.29) is 5.69 Å². The van der Waals surface area contributed by atoms with E-state index >= 15 is 0 Å². The summed E-state index contributed by atoms with van der Waals surface area (Å²) in [6.07, 6.45) is 0. The minimum Gasteiger partial charge on any atom is -0.485 e. The van der Waals surface area contributed by atoms with E-state index in [2.05, 4.69) is 4.74 Å². The van der Waals surface area contributed by atoms with Crippen molar-refractivity contribution in [2.75, 3.05) is 12.8 Å². The fraction of sp³-hybridized carbons (Fsp3) is 0.143. The SMILES string of the molecule is COc1c([N+](=O)[O-])ccc(N)c1[N+](=O)[O-]. The van der Waals surface area contributed by atoms with Crippen molar-refractivity contribution in [3.8, 4) is 5.75 Å². The molecule has 1 aromatic rings. The third kappa shape index (κ3) is 1.77. The number of nitrogens with two attached hydrogens (primary N) is 1. The lowest BCUT2D eigenvalue weighted by Crippen LogP contribution is -2.02. The van der Waals surface area contributed by atoms with Gasteiger partial charge in [-0.3, -0.25) is 20.2 Å². The fourth-order valence-corrected chi connectivity index (χ4v) is 1.11. The molecule has 1 rings (SSSR count). The third-order valence-electron chi connectivity index (χ3n) is 1.73. The summed E-state index contributed by atoms with van der Waals surface area (Å²) in [5.41, 5.74) is 4.07. The van der Waals surface area contributed by atoms with Crippen molar-refractivity contribution in [1.82, 2.24) is 0 Å². The van der Waals surface area contributed by atoms with Gasteiger partial charge in [0, 0.05) is 6.07 Å². The molecule has 8 nitrogen and oxygen atoms in total. The minimum atomic E-state index is -0.818. The van der Waals surface area contributed by atoms with E-state index in [1.165, 1.54) is 0 Å². The Balaban J connectivity index is 3.54.